The van der Waals surface area contributed by atoms with Crippen LogP contribution in [0.2, 0.25) is 0 Å². The highest BCUT2D eigenvalue weighted by Crippen LogP contribution is 2.53. The molecule has 0 aromatic heterocycles. The van der Waals surface area contributed by atoms with Gasteiger partial charge in [-0.3, -0.25) is 4.79 Å². The zero-order valence-electron chi connectivity index (χ0n) is 10.8. The van der Waals surface area contributed by atoms with Crippen LogP contribution in [0.1, 0.15) is 49.1 Å². The quantitative estimate of drug-likeness (QED) is 0.675. The van der Waals surface area contributed by atoms with Gasteiger partial charge in [-0.1, -0.05) is 30.7 Å². The van der Waals surface area contributed by atoms with Crippen LogP contribution in [-0.4, -0.2) is 5.78 Å². The average Bonchev–Trinajstić information content (AvgIpc) is 2.89. The van der Waals surface area contributed by atoms with Crippen LogP contribution in [0, 0.1) is 17.8 Å². The molecule has 4 unspecified atom stereocenters. The molecule has 4 rings (SSSR count). The number of benzene rings is 1. The second-order valence-corrected chi connectivity index (χ2v) is 6.38. The van der Waals surface area contributed by atoms with Crippen molar-refractivity contribution in [2.75, 3.05) is 0 Å². The summed E-state index contributed by atoms with van der Waals surface area (Å²) in [5.74, 6) is 3.04. The zero-order valence-corrected chi connectivity index (χ0v) is 10.8. The maximum absolute atomic E-state index is 12.3. The Morgan fingerprint density at radius 2 is 1.78 bits per heavy atom. The van der Waals surface area contributed by atoms with Gasteiger partial charge >= 0.3 is 0 Å². The summed E-state index contributed by atoms with van der Waals surface area (Å²) in [6, 6.07) is 8.82. The minimum atomic E-state index is 0.427. The lowest BCUT2D eigenvalue weighted by molar-refractivity contribution is -0.128. The molecule has 1 aromatic rings. The molecule has 4 atom stereocenters. The van der Waals surface area contributed by atoms with Crippen LogP contribution >= 0.6 is 0 Å². The van der Waals surface area contributed by atoms with Crippen molar-refractivity contribution in [1.82, 2.24) is 0 Å². The molecule has 2 fully saturated rings. The van der Waals surface area contributed by atoms with Gasteiger partial charge in [0.05, 0.1) is 0 Å². The average molecular weight is 240 g/mol. The Balaban J connectivity index is 1.75. The molecule has 0 heterocycles. The van der Waals surface area contributed by atoms with Gasteiger partial charge in [0, 0.05) is 12.3 Å². The lowest BCUT2D eigenvalue weighted by Crippen LogP contribution is -2.39. The predicted octanol–water partition coefficient (Wildman–Crippen LogP) is 3.72. The third-order valence-corrected chi connectivity index (χ3v) is 5.67. The number of aryl methyl sites for hydroxylation is 1. The van der Waals surface area contributed by atoms with Crippen molar-refractivity contribution in [1.29, 1.82) is 0 Å². The molecule has 1 aromatic carbocycles. The lowest BCUT2D eigenvalue weighted by Gasteiger charge is -2.43. The van der Waals surface area contributed by atoms with E-state index in [9.17, 15) is 4.79 Å². The summed E-state index contributed by atoms with van der Waals surface area (Å²) in [4.78, 5) is 12.3. The van der Waals surface area contributed by atoms with Crippen LogP contribution in [0.5, 0.6) is 0 Å². The monoisotopic (exact) mass is 240 g/mol. The smallest absolute Gasteiger partial charge is 0.136 e. The Bertz CT molecular complexity index is 490. The molecule has 94 valence electrons. The number of rotatable bonds is 0. The first-order valence-electron chi connectivity index (χ1n) is 7.45. The van der Waals surface area contributed by atoms with E-state index in [0.29, 0.717) is 23.5 Å². The van der Waals surface area contributed by atoms with Gasteiger partial charge < -0.3 is 0 Å². The molecular formula is C17H20O. The van der Waals surface area contributed by atoms with E-state index in [4.69, 9.17) is 0 Å². The molecule has 18 heavy (non-hydrogen) atoms. The Labute approximate surface area is 109 Å². The van der Waals surface area contributed by atoms with Crippen molar-refractivity contribution in [2.24, 2.45) is 17.8 Å². The SMILES string of the molecule is O=C1CC2c3ccccc3CCC2C2CCCC12. The fourth-order valence-corrected chi connectivity index (χ4v) is 4.92. The van der Waals surface area contributed by atoms with Gasteiger partial charge in [-0.2, -0.15) is 0 Å². The summed E-state index contributed by atoms with van der Waals surface area (Å²) in [6.45, 7) is 0. The maximum atomic E-state index is 12.3. The van der Waals surface area contributed by atoms with Crippen LogP contribution in [0.3, 0.4) is 0 Å². The van der Waals surface area contributed by atoms with Gasteiger partial charge in [0.1, 0.15) is 5.78 Å². The summed E-state index contributed by atoms with van der Waals surface area (Å²) in [7, 11) is 0. The van der Waals surface area contributed by atoms with Crippen LogP contribution in [0.25, 0.3) is 0 Å². The van der Waals surface area contributed by atoms with Crippen LogP contribution < -0.4 is 0 Å². The molecule has 0 N–H and O–H groups in total. The largest absolute Gasteiger partial charge is 0.299 e. The number of hydrogen-bond acceptors (Lipinski definition) is 1. The Morgan fingerprint density at radius 3 is 2.72 bits per heavy atom. The van der Waals surface area contributed by atoms with Crippen molar-refractivity contribution in [3.63, 3.8) is 0 Å². The Kier molecular flexibility index (Phi) is 2.36. The fourth-order valence-electron chi connectivity index (χ4n) is 4.92. The van der Waals surface area contributed by atoms with E-state index in [0.717, 1.165) is 12.3 Å². The van der Waals surface area contributed by atoms with Gasteiger partial charge in [0.2, 0.25) is 0 Å². The van der Waals surface area contributed by atoms with E-state index in [1.54, 1.807) is 0 Å². The zero-order chi connectivity index (χ0) is 12.1. The van der Waals surface area contributed by atoms with Gasteiger partial charge in [0.25, 0.3) is 0 Å². The topological polar surface area (TPSA) is 17.1 Å². The molecule has 3 aliphatic carbocycles. The summed E-state index contributed by atoms with van der Waals surface area (Å²) >= 11 is 0. The predicted molar refractivity (Wildman–Crippen MR) is 71.4 cm³/mol. The highest BCUT2D eigenvalue weighted by molar-refractivity contribution is 5.83. The molecule has 0 aliphatic heterocycles. The van der Waals surface area contributed by atoms with E-state index in [2.05, 4.69) is 24.3 Å². The summed E-state index contributed by atoms with van der Waals surface area (Å²) in [6.07, 6.45) is 7.13. The third-order valence-electron chi connectivity index (χ3n) is 5.67. The lowest BCUT2D eigenvalue weighted by atomic mass is 9.60. The number of carbonyl (C=O) groups excluding carboxylic acids is 1. The molecule has 1 nitrogen and oxygen atoms in total. The van der Waals surface area contributed by atoms with E-state index in [1.807, 2.05) is 0 Å². The van der Waals surface area contributed by atoms with Crippen molar-refractivity contribution in [2.45, 2.75) is 44.4 Å². The van der Waals surface area contributed by atoms with E-state index >= 15 is 0 Å². The fraction of sp³-hybridized carbons (Fsp3) is 0.588. The van der Waals surface area contributed by atoms with Crippen molar-refractivity contribution >= 4 is 5.78 Å². The van der Waals surface area contributed by atoms with Gasteiger partial charge in [-0.25, -0.2) is 0 Å². The van der Waals surface area contributed by atoms with Crippen LogP contribution in [-0.2, 0) is 11.2 Å². The molecule has 1 heteroatoms. The van der Waals surface area contributed by atoms with Gasteiger partial charge in [-0.15, -0.1) is 0 Å². The number of carbonyl (C=O) groups is 1. The second-order valence-electron chi connectivity index (χ2n) is 6.38. The molecule has 2 saturated carbocycles. The minimum Gasteiger partial charge on any atom is -0.299 e. The third kappa shape index (κ3) is 1.43. The molecule has 0 radical (unpaired) electrons. The van der Waals surface area contributed by atoms with Crippen LogP contribution in [0.15, 0.2) is 24.3 Å². The maximum Gasteiger partial charge on any atom is 0.136 e. The van der Waals surface area contributed by atoms with Gasteiger partial charge in [-0.05, 0) is 54.6 Å². The first-order chi connectivity index (χ1) is 8.84. The van der Waals surface area contributed by atoms with Crippen molar-refractivity contribution in [3.8, 4) is 0 Å². The van der Waals surface area contributed by atoms with Crippen LogP contribution in [0.4, 0.5) is 0 Å². The highest BCUT2D eigenvalue weighted by Gasteiger charge is 2.47. The Hall–Kier alpha value is -1.11. The molecule has 0 amide bonds. The molecular weight excluding hydrogens is 220 g/mol. The molecule has 3 aliphatic rings. The molecule has 0 saturated heterocycles. The van der Waals surface area contributed by atoms with E-state index < -0.39 is 0 Å². The van der Waals surface area contributed by atoms with E-state index in [1.165, 1.54) is 43.2 Å². The molecule has 0 spiro atoms. The summed E-state index contributed by atoms with van der Waals surface area (Å²) in [5, 5.41) is 0. The number of ketones is 1. The normalized spacial score (nSPS) is 37.9. The summed E-state index contributed by atoms with van der Waals surface area (Å²) < 4.78 is 0. The number of hydrogen-bond donors (Lipinski definition) is 0. The first kappa shape index (κ1) is 10.8. The van der Waals surface area contributed by atoms with Crippen molar-refractivity contribution in [3.05, 3.63) is 35.4 Å². The van der Waals surface area contributed by atoms with Crippen molar-refractivity contribution < 1.29 is 4.79 Å². The number of fused-ring (bicyclic) bond motifs is 5. The Morgan fingerprint density at radius 1 is 0.944 bits per heavy atom. The van der Waals surface area contributed by atoms with Gasteiger partial charge in [0.15, 0.2) is 0 Å². The summed E-state index contributed by atoms with van der Waals surface area (Å²) in [5.41, 5.74) is 3.00. The molecule has 0 bridgehead atoms. The number of Topliss-reactive ketones (excluding diaryl/α,β-unsaturated/α-hetero) is 1. The van der Waals surface area contributed by atoms with E-state index in [-0.39, 0.29) is 0 Å². The minimum absolute atomic E-state index is 0.427. The first-order valence-corrected chi connectivity index (χ1v) is 7.45. The second kappa shape index (κ2) is 3.94. The standard InChI is InChI=1S/C17H20O/c18-17-10-16-12-5-2-1-4-11(12)8-9-14(16)13-6-3-7-15(13)17/h1-2,4-5,13-16H,3,6-10H2. The highest BCUT2D eigenvalue weighted by atomic mass is 16.1.